The molecular formula is C16H20F2N2O2. The van der Waals surface area contributed by atoms with E-state index in [1.807, 2.05) is 0 Å². The highest BCUT2D eigenvalue weighted by Gasteiger charge is 2.20. The second-order valence-electron chi connectivity index (χ2n) is 5.57. The van der Waals surface area contributed by atoms with Crippen molar-refractivity contribution in [2.24, 2.45) is 0 Å². The molecule has 0 spiro atoms. The Kier molecular flexibility index (Phi) is 5.46. The third-order valence-electron chi connectivity index (χ3n) is 3.86. The topological polar surface area (TPSA) is 49.4 Å². The Bertz CT molecular complexity index is 557. The Labute approximate surface area is 128 Å². The van der Waals surface area contributed by atoms with Crippen LogP contribution >= 0.6 is 0 Å². The Morgan fingerprint density at radius 3 is 2.55 bits per heavy atom. The van der Waals surface area contributed by atoms with Crippen LogP contribution in [0.5, 0.6) is 0 Å². The molecule has 0 bridgehead atoms. The lowest BCUT2D eigenvalue weighted by Crippen LogP contribution is -2.37. The van der Waals surface area contributed by atoms with Gasteiger partial charge >= 0.3 is 0 Å². The molecule has 1 aromatic rings. The second-order valence-corrected chi connectivity index (χ2v) is 5.57. The van der Waals surface area contributed by atoms with Crippen molar-refractivity contribution in [1.82, 2.24) is 5.32 Å². The molecule has 0 saturated heterocycles. The lowest BCUT2D eigenvalue weighted by atomic mass is 10.2. The van der Waals surface area contributed by atoms with E-state index < -0.39 is 11.6 Å². The van der Waals surface area contributed by atoms with Gasteiger partial charge in [-0.1, -0.05) is 12.8 Å². The monoisotopic (exact) mass is 310 g/mol. The van der Waals surface area contributed by atoms with Crippen LogP contribution in [-0.2, 0) is 9.59 Å². The van der Waals surface area contributed by atoms with Crippen molar-refractivity contribution in [3.63, 3.8) is 0 Å². The first-order valence-electron chi connectivity index (χ1n) is 7.50. The molecule has 2 rings (SSSR count). The number of hydrogen-bond acceptors (Lipinski definition) is 2. The van der Waals surface area contributed by atoms with Crippen molar-refractivity contribution in [2.75, 3.05) is 11.4 Å². The van der Waals surface area contributed by atoms with Crippen molar-refractivity contribution >= 4 is 17.5 Å². The highest BCUT2D eigenvalue weighted by atomic mass is 19.1. The molecule has 1 saturated carbocycles. The van der Waals surface area contributed by atoms with E-state index in [1.54, 1.807) is 0 Å². The van der Waals surface area contributed by atoms with E-state index in [0.717, 1.165) is 42.7 Å². The van der Waals surface area contributed by atoms with Crippen LogP contribution in [0.3, 0.4) is 0 Å². The predicted molar refractivity (Wildman–Crippen MR) is 79.4 cm³/mol. The molecule has 0 heterocycles. The van der Waals surface area contributed by atoms with E-state index in [4.69, 9.17) is 0 Å². The molecule has 1 fully saturated rings. The van der Waals surface area contributed by atoms with E-state index >= 15 is 0 Å². The third kappa shape index (κ3) is 4.26. The fourth-order valence-corrected chi connectivity index (χ4v) is 2.73. The first-order chi connectivity index (χ1) is 10.5. The number of carbonyl (C=O) groups is 2. The molecule has 22 heavy (non-hydrogen) atoms. The number of rotatable bonds is 5. The minimum atomic E-state index is -0.814. The smallest absolute Gasteiger partial charge is 0.223 e. The molecule has 6 heteroatoms. The van der Waals surface area contributed by atoms with Crippen LogP contribution in [0.2, 0.25) is 0 Å². The average Bonchev–Trinajstić information content (AvgIpc) is 2.93. The second kappa shape index (κ2) is 7.33. The van der Waals surface area contributed by atoms with Gasteiger partial charge in [0.25, 0.3) is 0 Å². The van der Waals surface area contributed by atoms with Crippen molar-refractivity contribution in [3.05, 3.63) is 29.8 Å². The molecule has 120 valence electrons. The first-order valence-corrected chi connectivity index (χ1v) is 7.50. The number of carbonyl (C=O) groups excluding carboxylic acids is 2. The fourth-order valence-electron chi connectivity index (χ4n) is 2.73. The van der Waals surface area contributed by atoms with Crippen molar-refractivity contribution < 1.29 is 18.4 Å². The summed E-state index contributed by atoms with van der Waals surface area (Å²) in [5.41, 5.74) is -0.0115. The Morgan fingerprint density at radius 1 is 1.27 bits per heavy atom. The standard InChI is InChI=1S/C16H20F2N2O2/c1-11(21)20(15-7-6-12(17)10-14(15)18)9-8-16(22)19-13-4-2-3-5-13/h6-7,10,13H,2-5,8-9H2,1H3,(H,19,22). The Morgan fingerprint density at radius 2 is 1.95 bits per heavy atom. The number of hydrogen-bond donors (Lipinski definition) is 1. The quantitative estimate of drug-likeness (QED) is 0.909. The molecule has 0 unspecified atom stereocenters. The van der Waals surface area contributed by atoms with Gasteiger partial charge in [-0.2, -0.15) is 0 Å². The maximum atomic E-state index is 13.8. The summed E-state index contributed by atoms with van der Waals surface area (Å²) in [5, 5.41) is 2.92. The molecular weight excluding hydrogens is 290 g/mol. The summed E-state index contributed by atoms with van der Waals surface area (Å²) in [5.74, 6) is -2.06. The van der Waals surface area contributed by atoms with Crippen molar-refractivity contribution in [2.45, 2.75) is 45.1 Å². The molecule has 1 aromatic carbocycles. The molecule has 2 amide bonds. The lowest BCUT2D eigenvalue weighted by molar-refractivity contribution is -0.121. The van der Waals surface area contributed by atoms with Crippen LogP contribution in [0, 0.1) is 11.6 Å². The number of benzene rings is 1. The van der Waals surface area contributed by atoms with Gasteiger partial charge in [-0.25, -0.2) is 8.78 Å². The normalized spacial score (nSPS) is 14.9. The van der Waals surface area contributed by atoms with Crippen LogP contribution in [-0.4, -0.2) is 24.4 Å². The zero-order valence-electron chi connectivity index (χ0n) is 12.6. The van der Waals surface area contributed by atoms with Crippen LogP contribution in [0.1, 0.15) is 39.0 Å². The summed E-state index contributed by atoms with van der Waals surface area (Å²) in [6.45, 7) is 1.36. The first kappa shape index (κ1) is 16.4. The molecule has 0 aliphatic heterocycles. The molecule has 0 aromatic heterocycles. The van der Waals surface area contributed by atoms with Crippen LogP contribution < -0.4 is 10.2 Å². The number of amides is 2. The van der Waals surface area contributed by atoms with E-state index in [2.05, 4.69) is 5.32 Å². The minimum absolute atomic E-state index is 0.0115. The summed E-state index contributed by atoms with van der Waals surface area (Å²) >= 11 is 0. The van der Waals surface area contributed by atoms with Gasteiger partial charge in [0.2, 0.25) is 11.8 Å². The number of halogens is 2. The highest BCUT2D eigenvalue weighted by molar-refractivity contribution is 5.92. The maximum Gasteiger partial charge on any atom is 0.223 e. The van der Waals surface area contributed by atoms with Crippen LogP contribution in [0.15, 0.2) is 18.2 Å². The van der Waals surface area contributed by atoms with E-state index in [0.29, 0.717) is 0 Å². The van der Waals surface area contributed by atoms with Gasteiger partial charge in [0.05, 0.1) is 5.69 Å². The van der Waals surface area contributed by atoms with Gasteiger partial charge in [-0.05, 0) is 25.0 Å². The Balaban J connectivity index is 1.96. The minimum Gasteiger partial charge on any atom is -0.353 e. The third-order valence-corrected chi connectivity index (χ3v) is 3.86. The van der Waals surface area contributed by atoms with Gasteiger partial charge in [0, 0.05) is 32.0 Å². The molecule has 1 N–H and O–H groups in total. The van der Waals surface area contributed by atoms with Crippen LogP contribution in [0.25, 0.3) is 0 Å². The average molecular weight is 310 g/mol. The molecule has 1 aliphatic rings. The summed E-state index contributed by atoms with van der Waals surface area (Å²) in [4.78, 5) is 24.7. The van der Waals surface area contributed by atoms with Gasteiger partial charge in [0.15, 0.2) is 0 Å². The summed E-state index contributed by atoms with van der Waals surface area (Å²) in [7, 11) is 0. The fraction of sp³-hybridized carbons (Fsp3) is 0.500. The van der Waals surface area contributed by atoms with Gasteiger partial charge in [0.1, 0.15) is 11.6 Å². The van der Waals surface area contributed by atoms with Gasteiger partial charge in [-0.15, -0.1) is 0 Å². The molecule has 0 atom stereocenters. The molecule has 0 radical (unpaired) electrons. The SMILES string of the molecule is CC(=O)N(CCC(=O)NC1CCCC1)c1ccc(F)cc1F. The number of nitrogens with one attached hydrogen (secondary N) is 1. The van der Waals surface area contributed by atoms with Gasteiger partial charge in [-0.3, -0.25) is 9.59 Å². The van der Waals surface area contributed by atoms with Crippen LogP contribution in [0.4, 0.5) is 14.5 Å². The molecule has 4 nitrogen and oxygen atoms in total. The lowest BCUT2D eigenvalue weighted by Gasteiger charge is -2.22. The number of nitrogens with zero attached hydrogens (tertiary/aromatic N) is 1. The van der Waals surface area contributed by atoms with E-state index in [9.17, 15) is 18.4 Å². The van der Waals surface area contributed by atoms with E-state index in [1.165, 1.54) is 13.0 Å². The van der Waals surface area contributed by atoms with Crippen molar-refractivity contribution in [3.8, 4) is 0 Å². The highest BCUT2D eigenvalue weighted by Crippen LogP contribution is 2.21. The summed E-state index contributed by atoms with van der Waals surface area (Å²) in [6, 6.07) is 3.23. The van der Waals surface area contributed by atoms with E-state index in [-0.39, 0.29) is 36.5 Å². The van der Waals surface area contributed by atoms with Crippen molar-refractivity contribution in [1.29, 1.82) is 0 Å². The number of anilines is 1. The maximum absolute atomic E-state index is 13.8. The summed E-state index contributed by atoms with van der Waals surface area (Å²) < 4.78 is 26.7. The zero-order chi connectivity index (χ0) is 16.1. The van der Waals surface area contributed by atoms with Gasteiger partial charge < -0.3 is 10.2 Å². The largest absolute Gasteiger partial charge is 0.353 e. The Hall–Kier alpha value is -1.98. The summed E-state index contributed by atoms with van der Waals surface area (Å²) in [6.07, 6.45) is 4.28. The predicted octanol–water partition coefficient (Wildman–Crippen LogP) is 2.77. The molecule has 1 aliphatic carbocycles. The zero-order valence-corrected chi connectivity index (χ0v) is 12.6.